The van der Waals surface area contributed by atoms with Gasteiger partial charge in [0.15, 0.2) is 0 Å². The molecule has 33 heavy (non-hydrogen) atoms. The second-order valence-electron chi connectivity index (χ2n) is 7.47. The van der Waals surface area contributed by atoms with Gasteiger partial charge in [-0.1, -0.05) is 72.8 Å². The average Bonchev–Trinajstić information content (AvgIpc) is 2.81. The maximum absolute atomic E-state index is 12.3. The fourth-order valence-corrected chi connectivity index (χ4v) is 3.84. The lowest BCUT2D eigenvalue weighted by molar-refractivity contribution is -0.121. The largest absolute Gasteiger partial charge is 0.489 e. The standard InChI is InChI=1S/C25H27N3O4S/c1-33(30,31)28(16-15-21-9-4-2-5-10-21)19-25(29)27-26-18-23-13-8-14-24(17-23)32-20-22-11-6-3-7-12-22/h2-14,17-18H,15-16,19-20H2,1H3,(H,27,29)/b26-18+. The van der Waals surface area contributed by atoms with Gasteiger partial charge in [-0.2, -0.15) is 9.41 Å². The summed E-state index contributed by atoms with van der Waals surface area (Å²) < 4.78 is 31.1. The van der Waals surface area contributed by atoms with Crippen LogP contribution in [0.3, 0.4) is 0 Å². The van der Waals surface area contributed by atoms with E-state index in [2.05, 4.69) is 10.5 Å². The van der Waals surface area contributed by atoms with Gasteiger partial charge in [0.2, 0.25) is 10.0 Å². The van der Waals surface area contributed by atoms with Gasteiger partial charge in [-0.05, 0) is 35.2 Å². The predicted octanol–water partition coefficient (Wildman–Crippen LogP) is 3.22. The number of sulfonamides is 1. The molecule has 0 saturated heterocycles. The van der Waals surface area contributed by atoms with Crippen LogP contribution in [0.4, 0.5) is 0 Å². The Labute approximate surface area is 194 Å². The Morgan fingerprint density at radius 1 is 0.970 bits per heavy atom. The minimum Gasteiger partial charge on any atom is -0.489 e. The minimum absolute atomic E-state index is 0.209. The SMILES string of the molecule is CS(=O)(=O)N(CCc1ccccc1)CC(=O)N/N=C/c1cccc(OCc2ccccc2)c1. The van der Waals surface area contributed by atoms with E-state index in [0.717, 1.165) is 27.3 Å². The molecule has 3 aromatic rings. The van der Waals surface area contributed by atoms with E-state index in [4.69, 9.17) is 4.74 Å². The molecule has 0 aromatic heterocycles. The van der Waals surface area contributed by atoms with Crippen molar-refractivity contribution in [1.82, 2.24) is 9.73 Å². The fraction of sp³-hybridized carbons (Fsp3) is 0.200. The first kappa shape index (κ1) is 24.2. The van der Waals surface area contributed by atoms with Crippen LogP contribution in [0.5, 0.6) is 5.75 Å². The monoisotopic (exact) mass is 465 g/mol. The van der Waals surface area contributed by atoms with Gasteiger partial charge < -0.3 is 4.74 Å². The Hall–Kier alpha value is -3.49. The number of carbonyl (C=O) groups is 1. The number of hydrazone groups is 1. The maximum atomic E-state index is 12.3. The number of hydrogen-bond donors (Lipinski definition) is 1. The zero-order chi connectivity index (χ0) is 23.5. The molecular weight excluding hydrogens is 438 g/mol. The first-order chi connectivity index (χ1) is 15.9. The van der Waals surface area contributed by atoms with Crippen molar-refractivity contribution >= 4 is 22.1 Å². The summed E-state index contributed by atoms with van der Waals surface area (Å²) in [6, 6.07) is 26.7. The smallest absolute Gasteiger partial charge is 0.255 e. The highest BCUT2D eigenvalue weighted by atomic mass is 32.2. The Morgan fingerprint density at radius 3 is 2.30 bits per heavy atom. The van der Waals surface area contributed by atoms with E-state index in [1.165, 1.54) is 6.21 Å². The zero-order valence-electron chi connectivity index (χ0n) is 18.4. The van der Waals surface area contributed by atoms with E-state index < -0.39 is 15.9 Å². The van der Waals surface area contributed by atoms with Gasteiger partial charge in [0.05, 0.1) is 19.0 Å². The highest BCUT2D eigenvalue weighted by Gasteiger charge is 2.19. The summed E-state index contributed by atoms with van der Waals surface area (Å²) in [5.74, 6) is 0.166. The third kappa shape index (κ3) is 8.51. The van der Waals surface area contributed by atoms with Crippen LogP contribution >= 0.6 is 0 Å². The van der Waals surface area contributed by atoms with Crippen LogP contribution in [0.15, 0.2) is 90.0 Å². The van der Waals surface area contributed by atoms with Crippen LogP contribution in [0.1, 0.15) is 16.7 Å². The van der Waals surface area contributed by atoms with E-state index in [9.17, 15) is 13.2 Å². The average molecular weight is 466 g/mol. The van der Waals surface area contributed by atoms with Gasteiger partial charge in [-0.25, -0.2) is 13.8 Å². The van der Waals surface area contributed by atoms with Crippen molar-refractivity contribution in [1.29, 1.82) is 0 Å². The number of carbonyl (C=O) groups excluding carboxylic acids is 1. The molecule has 172 valence electrons. The molecule has 1 amide bonds. The molecule has 8 heteroatoms. The molecule has 7 nitrogen and oxygen atoms in total. The van der Waals surface area contributed by atoms with Crippen molar-refractivity contribution in [2.75, 3.05) is 19.3 Å². The van der Waals surface area contributed by atoms with E-state index in [1.807, 2.05) is 78.9 Å². The zero-order valence-corrected chi connectivity index (χ0v) is 19.2. The summed E-state index contributed by atoms with van der Waals surface area (Å²) in [4.78, 5) is 12.3. The van der Waals surface area contributed by atoms with Crippen molar-refractivity contribution in [3.63, 3.8) is 0 Å². The second kappa shape index (κ2) is 11.9. The van der Waals surface area contributed by atoms with Gasteiger partial charge in [0.1, 0.15) is 12.4 Å². The molecule has 0 fully saturated rings. The Morgan fingerprint density at radius 2 is 1.64 bits per heavy atom. The molecule has 3 aromatic carbocycles. The maximum Gasteiger partial charge on any atom is 0.255 e. The van der Waals surface area contributed by atoms with Crippen molar-refractivity contribution in [3.8, 4) is 5.75 Å². The van der Waals surface area contributed by atoms with Crippen LogP contribution in [0, 0.1) is 0 Å². The molecule has 1 N–H and O–H groups in total. The number of benzene rings is 3. The van der Waals surface area contributed by atoms with Crippen LogP contribution in [-0.4, -0.2) is 44.2 Å². The summed E-state index contributed by atoms with van der Waals surface area (Å²) in [5.41, 5.74) is 5.19. The molecule has 0 radical (unpaired) electrons. The number of ether oxygens (including phenoxy) is 1. The highest BCUT2D eigenvalue weighted by Crippen LogP contribution is 2.14. The second-order valence-corrected chi connectivity index (χ2v) is 9.45. The summed E-state index contributed by atoms with van der Waals surface area (Å²) in [6.07, 6.45) is 3.09. The summed E-state index contributed by atoms with van der Waals surface area (Å²) in [7, 11) is -3.54. The molecular formula is C25H27N3O4S. The molecule has 0 aliphatic carbocycles. The molecule has 0 saturated carbocycles. The van der Waals surface area contributed by atoms with Crippen LogP contribution in [0.25, 0.3) is 0 Å². The van der Waals surface area contributed by atoms with Crippen molar-refractivity contribution < 1.29 is 17.9 Å². The topological polar surface area (TPSA) is 88.1 Å². The van der Waals surface area contributed by atoms with Crippen molar-refractivity contribution in [2.24, 2.45) is 5.10 Å². The molecule has 0 heterocycles. The van der Waals surface area contributed by atoms with Crippen molar-refractivity contribution in [2.45, 2.75) is 13.0 Å². The van der Waals surface area contributed by atoms with Gasteiger partial charge in [-0.15, -0.1) is 0 Å². The molecule has 0 bridgehead atoms. The van der Waals surface area contributed by atoms with E-state index >= 15 is 0 Å². The Bertz CT molecular complexity index is 1170. The molecule has 0 aliphatic heterocycles. The van der Waals surface area contributed by atoms with Crippen LogP contribution in [-0.2, 0) is 27.8 Å². The first-order valence-corrected chi connectivity index (χ1v) is 12.3. The van der Waals surface area contributed by atoms with Crippen molar-refractivity contribution in [3.05, 3.63) is 102 Å². The normalized spacial score (nSPS) is 11.6. The third-order valence-electron chi connectivity index (χ3n) is 4.79. The third-order valence-corrected chi connectivity index (χ3v) is 6.04. The molecule has 0 aliphatic rings. The van der Waals surface area contributed by atoms with Crippen LogP contribution in [0.2, 0.25) is 0 Å². The van der Waals surface area contributed by atoms with Gasteiger partial charge in [-0.3, -0.25) is 4.79 Å². The summed E-state index contributed by atoms with van der Waals surface area (Å²) in [5, 5.41) is 3.95. The van der Waals surface area contributed by atoms with E-state index in [1.54, 1.807) is 6.07 Å². The van der Waals surface area contributed by atoms with E-state index in [0.29, 0.717) is 18.8 Å². The predicted molar refractivity (Wildman–Crippen MR) is 130 cm³/mol. The van der Waals surface area contributed by atoms with E-state index in [-0.39, 0.29) is 13.1 Å². The fourth-order valence-electron chi connectivity index (χ4n) is 3.06. The quantitative estimate of drug-likeness (QED) is 0.348. The molecule has 3 rings (SSSR count). The Balaban J connectivity index is 1.51. The number of amides is 1. The number of nitrogens with zero attached hydrogens (tertiary/aromatic N) is 2. The molecule has 0 spiro atoms. The lowest BCUT2D eigenvalue weighted by Crippen LogP contribution is -2.40. The lowest BCUT2D eigenvalue weighted by Gasteiger charge is -2.18. The van der Waals surface area contributed by atoms with Gasteiger partial charge in [0.25, 0.3) is 5.91 Å². The van der Waals surface area contributed by atoms with Crippen LogP contribution < -0.4 is 10.2 Å². The summed E-state index contributed by atoms with van der Waals surface area (Å²) in [6.45, 7) is 0.354. The minimum atomic E-state index is -3.54. The first-order valence-electron chi connectivity index (χ1n) is 10.5. The molecule has 0 unspecified atom stereocenters. The van der Waals surface area contributed by atoms with Gasteiger partial charge in [0, 0.05) is 6.54 Å². The Kier molecular flexibility index (Phi) is 8.74. The lowest BCUT2D eigenvalue weighted by atomic mass is 10.1. The highest BCUT2D eigenvalue weighted by molar-refractivity contribution is 7.88. The summed E-state index contributed by atoms with van der Waals surface area (Å²) >= 11 is 0. The molecule has 0 atom stereocenters. The number of hydrogen-bond acceptors (Lipinski definition) is 5. The number of nitrogens with one attached hydrogen (secondary N) is 1. The van der Waals surface area contributed by atoms with Gasteiger partial charge >= 0.3 is 0 Å². The number of rotatable bonds is 11.